The highest BCUT2D eigenvalue weighted by Gasteiger charge is 2.07. The summed E-state index contributed by atoms with van der Waals surface area (Å²) < 4.78 is 10.7. The van der Waals surface area contributed by atoms with Crippen LogP contribution in [0.1, 0.15) is 11.4 Å². The summed E-state index contributed by atoms with van der Waals surface area (Å²) in [7, 11) is -4.36. The van der Waals surface area contributed by atoms with Crippen LogP contribution >= 0.6 is 7.60 Å². The van der Waals surface area contributed by atoms with Crippen LogP contribution < -0.4 is 10.2 Å². The number of aryl methyl sites for hydroxylation is 2. The Balaban J connectivity index is 3.27. The minimum absolute atomic E-state index is 0.0764. The van der Waals surface area contributed by atoms with E-state index in [1.165, 1.54) is 12.1 Å². The summed E-state index contributed by atoms with van der Waals surface area (Å²) in [6.45, 7) is 3.35. The molecule has 0 aliphatic rings. The van der Waals surface area contributed by atoms with Crippen molar-refractivity contribution in [1.82, 2.24) is 4.98 Å². The van der Waals surface area contributed by atoms with Gasteiger partial charge in [-0.3, -0.25) is 4.98 Å². The molecule has 1 heterocycles. The zero-order valence-corrected chi connectivity index (χ0v) is 7.71. The molecule has 1 aromatic heterocycles. The summed E-state index contributed by atoms with van der Waals surface area (Å²) in [5.41, 5.74) is 1.16. The molecule has 0 fully saturated rings. The lowest BCUT2D eigenvalue weighted by Crippen LogP contribution is -2.15. The van der Waals surface area contributed by atoms with Crippen molar-refractivity contribution >= 4 is 12.9 Å². The van der Waals surface area contributed by atoms with Gasteiger partial charge in [0.1, 0.15) is 0 Å². The summed E-state index contributed by atoms with van der Waals surface area (Å²) >= 11 is 0. The quantitative estimate of drug-likeness (QED) is 0.620. The molecular formula is C7H9NO3P-. The van der Waals surface area contributed by atoms with Crippen molar-refractivity contribution in [1.29, 1.82) is 0 Å². The van der Waals surface area contributed by atoms with Gasteiger partial charge in [-0.05, 0) is 26.0 Å². The van der Waals surface area contributed by atoms with Crippen molar-refractivity contribution in [2.45, 2.75) is 13.8 Å². The predicted molar refractivity (Wildman–Crippen MR) is 43.2 cm³/mol. The van der Waals surface area contributed by atoms with Crippen molar-refractivity contribution in [3.05, 3.63) is 23.5 Å². The number of hydrogen-bond acceptors (Lipinski definition) is 3. The lowest BCUT2D eigenvalue weighted by Gasteiger charge is -2.16. The SMILES string of the molecule is Cc1cc(P(=O)([O-])O)cc(C)n1. The fourth-order valence-corrected chi connectivity index (χ4v) is 1.68. The summed E-state index contributed by atoms with van der Waals surface area (Å²) in [5.74, 6) is 0. The van der Waals surface area contributed by atoms with E-state index in [1.54, 1.807) is 13.8 Å². The highest BCUT2D eigenvalue weighted by atomic mass is 31.2. The molecule has 0 spiro atoms. The van der Waals surface area contributed by atoms with E-state index >= 15 is 0 Å². The third kappa shape index (κ3) is 2.14. The van der Waals surface area contributed by atoms with Crippen molar-refractivity contribution < 1.29 is 14.4 Å². The number of nitrogens with zero attached hydrogens (tertiary/aromatic N) is 1. The van der Waals surface area contributed by atoms with Gasteiger partial charge in [-0.1, -0.05) is 0 Å². The molecule has 1 unspecified atom stereocenters. The average Bonchev–Trinajstić information content (AvgIpc) is 1.82. The first-order valence-electron chi connectivity index (χ1n) is 3.39. The van der Waals surface area contributed by atoms with E-state index < -0.39 is 7.60 Å². The largest absolute Gasteiger partial charge is 0.775 e. The van der Waals surface area contributed by atoms with Crippen LogP contribution in [0.2, 0.25) is 0 Å². The van der Waals surface area contributed by atoms with Gasteiger partial charge in [0.2, 0.25) is 0 Å². The Morgan fingerprint density at radius 3 is 2.17 bits per heavy atom. The first-order chi connectivity index (χ1) is 5.39. The zero-order valence-electron chi connectivity index (χ0n) is 6.81. The van der Waals surface area contributed by atoms with Crippen LogP contribution in [0.4, 0.5) is 0 Å². The van der Waals surface area contributed by atoms with Crippen molar-refractivity contribution in [3.8, 4) is 0 Å². The van der Waals surface area contributed by atoms with Crippen molar-refractivity contribution in [2.75, 3.05) is 0 Å². The highest BCUT2D eigenvalue weighted by Crippen LogP contribution is 2.27. The Hall–Kier alpha value is -0.700. The van der Waals surface area contributed by atoms with E-state index in [1.807, 2.05) is 0 Å². The number of rotatable bonds is 1. The molecule has 1 atom stereocenters. The van der Waals surface area contributed by atoms with Crippen LogP contribution in [-0.2, 0) is 4.57 Å². The van der Waals surface area contributed by atoms with Crippen LogP contribution in [-0.4, -0.2) is 9.88 Å². The Labute approximate surface area is 70.4 Å². The van der Waals surface area contributed by atoms with Gasteiger partial charge in [0.05, 0.1) is 0 Å². The van der Waals surface area contributed by atoms with Gasteiger partial charge in [-0.2, -0.15) is 0 Å². The number of aromatic nitrogens is 1. The van der Waals surface area contributed by atoms with Gasteiger partial charge in [0.25, 0.3) is 0 Å². The van der Waals surface area contributed by atoms with E-state index in [-0.39, 0.29) is 5.30 Å². The molecule has 4 nitrogen and oxygen atoms in total. The molecule has 0 aliphatic carbocycles. The fourth-order valence-electron chi connectivity index (χ4n) is 0.976. The Morgan fingerprint density at radius 2 is 1.83 bits per heavy atom. The molecule has 12 heavy (non-hydrogen) atoms. The molecule has 0 amide bonds. The van der Waals surface area contributed by atoms with Gasteiger partial charge in [-0.25, -0.2) is 0 Å². The van der Waals surface area contributed by atoms with E-state index in [9.17, 15) is 9.46 Å². The third-order valence-corrected chi connectivity index (χ3v) is 2.30. The molecule has 1 aromatic rings. The van der Waals surface area contributed by atoms with Gasteiger partial charge in [-0.15, -0.1) is 0 Å². The Morgan fingerprint density at radius 1 is 1.42 bits per heavy atom. The molecule has 0 radical (unpaired) electrons. The van der Waals surface area contributed by atoms with Crippen molar-refractivity contribution in [2.24, 2.45) is 0 Å². The Kier molecular flexibility index (Phi) is 2.33. The Bertz CT molecular complexity index is 324. The topological polar surface area (TPSA) is 73.2 Å². The maximum Gasteiger partial charge on any atom is 0.162 e. The molecule has 5 heteroatoms. The molecule has 1 rings (SSSR count). The second-order valence-corrected chi connectivity index (χ2v) is 4.19. The average molecular weight is 186 g/mol. The number of hydrogen-bond donors (Lipinski definition) is 1. The summed E-state index contributed by atoms with van der Waals surface area (Å²) in [6.07, 6.45) is 0. The minimum Gasteiger partial charge on any atom is -0.775 e. The molecular weight excluding hydrogens is 177 g/mol. The summed E-state index contributed by atoms with van der Waals surface area (Å²) in [4.78, 5) is 23.4. The molecule has 0 saturated heterocycles. The van der Waals surface area contributed by atoms with Crippen LogP contribution in [0.25, 0.3) is 0 Å². The first-order valence-corrected chi connectivity index (χ1v) is 4.97. The standard InChI is InChI=1S/C7H10NO3P/c1-5-3-7(12(9,10)11)4-6(2)8-5/h3-4H,1-2H3,(H2,9,10,11)/p-1. The predicted octanol–water partition coefficient (Wildman–Crippen LogP) is -0.131. The second-order valence-electron chi connectivity index (χ2n) is 2.63. The number of pyridine rings is 1. The highest BCUT2D eigenvalue weighted by molar-refractivity contribution is 7.58. The zero-order chi connectivity index (χ0) is 9.35. The fraction of sp³-hybridized carbons (Fsp3) is 0.286. The summed E-state index contributed by atoms with van der Waals surface area (Å²) in [5, 5.41) is -0.0764. The monoisotopic (exact) mass is 186 g/mol. The summed E-state index contributed by atoms with van der Waals surface area (Å²) in [6, 6.07) is 2.67. The van der Waals surface area contributed by atoms with Gasteiger partial charge >= 0.3 is 0 Å². The van der Waals surface area contributed by atoms with Gasteiger partial charge in [0.15, 0.2) is 7.60 Å². The van der Waals surface area contributed by atoms with E-state index in [2.05, 4.69) is 4.98 Å². The normalized spacial score (nSPS) is 15.7. The molecule has 0 bridgehead atoms. The molecule has 0 aliphatic heterocycles. The maximum atomic E-state index is 10.7. The molecule has 0 aromatic carbocycles. The molecule has 1 N–H and O–H groups in total. The van der Waals surface area contributed by atoms with Crippen LogP contribution in [0.5, 0.6) is 0 Å². The lowest BCUT2D eigenvalue weighted by molar-refractivity contribution is -0.188. The van der Waals surface area contributed by atoms with Crippen molar-refractivity contribution in [3.63, 3.8) is 0 Å². The van der Waals surface area contributed by atoms with Crippen LogP contribution in [0.15, 0.2) is 12.1 Å². The van der Waals surface area contributed by atoms with Crippen LogP contribution in [0.3, 0.4) is 0 Å². The second kappa shape index (κ2) is 2.98. The van der Waals surface area contributed by atoms with E-state index in [0.717, 1.165) is 0 Å². The lowest BCUT2D eigenvalue weighted by atomic mass is 10.3. The smallest absolute Gasteiger partial charge is 0.162 e. The maximum absolute atomic E-state index is 10.7. The van der Waals surface area contributed by atoms with Gasteiger partial charge in [0, 0.05) is 16.7 Å². The van der Waals surface area contributed by atoms with Gasteiger partial charge < -0.3 is 14.4 Å². The van der Waals surface area contributed by atoms with Crippen LogP contribution in [0, 0.1) is 13.8 Å². The molecule has 0 saturated carbocycles. The first kappa shape index (κ1) is 9.39. The van der Waals surface area contributed by atoms with E-state index in [4.69, 9.17) is 4.89 Å². The van der Waals surface area contributed by atoms with E-state index in [0.29, 0.717) is 11.4 Å². The minimum atomic E-state index is -4.36. The molecule has 66 valence electrons. The third-order valence-electron chi connectivity index (χ3n) is 1.39.